The van der Waals surface area contributed by atoms with Gasteiger partial charge in [-0.1, -0.05) is 30.3 Å². The van der Waals surface area contributed by atoms with Crippen molar-refractivity contribution in [1.29, 1.82) is 0 Å². The van der Waals surface area contributed by atoms with Crippen LogP contribution >= 0.6 is 0 Å². The highest BCUT2D eigenvalue weighted by atomic mass is 32.2. The molecule has 0 aromatic heterocycles. The first-order valence-electron chi connectivity index (χ1n) is 9.32. The Morgan fingerprint density at radius 1 is 0.848 bits per heavy atom. The molecular formula is C21H17N3O7S2. The van der Waals surface area contributed by atoms with Crippen molar-refractivity contribution in [2.75, 3.05) is 5.73 Å². The third-order valence-corrected chi connectivity index (χ3v) is 6.83. The molecule has 5 N–H and O–H groups in total. The van der Waals surface area contributed by atoms with E-state index >= 15 is 0 Å². The van der Waals surface area contributed by atoms with Crippen LogP contribution in [0.25, 0.3) is 21.5 Å². The highest BCUT2D eigenvalue weighted by Crippen LogP contribution is 2.43. The van der Waals surface area contributed by atoms with Gasteiger partial charge in [0, 0.05) is 16.5 Å². The van der Waals surface area contributed by atoms with Crippen molar-refractivity contribution in [3.8, 4) is 5.75 Å². The van der Waals surface area contributed by atoms with Crippen LogP contribution in [-0.2, 0) is 20.2 Å². The summed E-state index contributed by atoms with van der Waals surface area (Å²) in [5.74, 6) is -0.415. The molecule has 12 heteroatoms. The third kappa shape index (κ3) is 4.12. The monoisotopic (exact) mass is 487 g/mol. The van der Waals surface area contributed by atoms with Crippen molar-refractivity contribution in [3.05, 3.63) is 60.2 Å². The quantitative estimate of drug-likeness (QED) is 0.184. The second kappa shape index (κ2) is 7.78. The van der Waals surface area contributed by atoms with E-state index in [-0.39, 0.29) is 33.2 Å². The van der Waals surface area contributed by atoms with E-state index in [0.717, 1.165) is 12.1 Å². The van der Waals surface area contributed by atoms with Gasteiger partial charge in [-0.15, -0.1) is 10.2 Å². The number of hydrogen-bond donors (Lipinski definition) is 4. The van der Waals surface area contributed by atoms with Crippen molar-refractivity contribution >= 4 is 58.8 Å². The lowest BCUT2D eigenvalue weighted by Crippen LogP contribution is -2.00. The molecule has 4 aromatic carbocycles. The average molecular weight is 488 g/mol. The lowest BCUT2D eigenvalue weighted by Gasteiger charge is -2.11. The molecule has 33 heavy (non-hydrogen) atoms. The van der Waals surface area contributed by atoms with Crippen LogP contribution in [0.4, 0.5) is 17.1 Å². The van der Waals surface area contributed by atoms with Crippen LogP contribution in [-0.4, -0.2) is 31.0 Å². The Kier molecular flexibility index (Phi) is 5.33. The molecule has 0 unspecified atom stereocenters. The Balaban J connectivity index is 1.93. The summed E-state index contributed by atoms with van der Waals surface area (Å²) in [6.07, 6.45) is 0. The van der Waals surface area contributed by atoms with Gasteiger partial charge in [0.2, 0.25) is 0 Å². The first kappa shape index (κ1) is 22.6. The predicted molar refractivity (Wildman–Crippen MR) is 123 cm³/mol. The van der Waals surface area contributed by atoms with Crippen molar-refractivity contribution in [1.82, 2.24) is 0 Å². The Bertz CT molecular complexity index is 1700. The van der Waals surface area contributed by atoms with E-state index < -0.39 is 35.8 Å². The number of aryl methyl sites for hydroxylation is 1. The molecule has 0 heterocycles. The zero-order valence-corrected chi connectivity index (χ0v) is 18.6. The van der Waals surface area contributed by atoms with Gasteiger partial charge in [-0.2, -0.15) is 16.8 Å². The number of phenolic OH excluding ortho intramolecular Hbond substituents is 1. The van der Waals surface area contributed by atoms with Crippen molar-refractivity contribution in [3.63, 3.8) is 0 Å². The van der Waals surface area contributed by atoms with E-state index in [1.165, 1.54) is 18.2 Å². The van der Waals surface area contributed by atoms with Crippen molar-refractivity contribution in [2.24, 2.45) is 10.2 Å². The van der Waals surface area contributed by atoms with Crippen molar-refractivity contribution in [2.45, 2.75) is 16.7 Å². The second-order valence-corrected chi connectivity index (χ2v) is 10.1. The van der Waals surface area contributed by atoms with Crippen LogP contribution in [0.1, 0.15) is 5.56 Å². The van der Waals surface area contributed by atoms with Gasteiger partial charge in [-0.3, -0.25) is 9.11 Å². The Labute approximate surface area is 188 Å². The van der Waals surface area contributed by atoms with Crippen LogP contribution < -0.4 is 5.73 Å². The molecular weight excluding hydrogens is 470 g/mol. The SMILES string of the molecule is Cc1cc2cc(S(=O)(=O)O)cc(N)c2c(O)c1N=Nc1ccc2ccccc2c1S(=O)(=O)O. The number of nitrogens with two attached hydrogens (primary N) is 1. The Morgan fingerprint density at radius 2 is 1.55 bits per heavy atom. The zero-order valence-electron chi connectivity index (χ0n) is 17.0. The summed E-state index contributed by atoms with van der Waals surface area (Å²) in [5, 5.41) is 19.9. The molecule has 0 radical (unpaired) electrons. The number of anilines is 1. The van der Waals surface area contributed by atoms with Crippen LogP contribution in [0.2, 0.25) is 0 Å². The molecule has 0 saturated carbocycles. The Hall–Kier alpha value is -3.58. The van der Waals surface area contributed by atoms with E-state index in [0.29, 0.717) is 10.9 Å². The van der Waals surface area contributed by atoms with E-state index in [9.17, 15) is 31.0 Å². The third-order valence-electron chi connectivity index (χ3n) is 5.05. The fraction of sp³-hybridized carbons (Fsp3) is 0.0476. The number of benzene rings is 4. The van der Waals surface area contributed by atoms with Gasteiger partial charge in [0.05, 0.1) is 4.90 Å². The molecule has 0 aliphatic heterocycles. The Morgan fingerprint density at radius 3 is 2.21 bits per heavy atom. The molecule has 0 spiro atoms. The summed E-state index contributed by atoms with van der Waals surface area (Å²) in [5.41, 5.74) is 5.96. The van der Waals surface area contributed by atoms with Gasteiger partial charge >= 0.3 is 0 Å². The predicted octanol–water partition coefficient (Wildman–Crippen LogP) is 4.50. The lowest BCUT2D eigenvalue weighted by atomic mass is 10.0. The maximum absolute atomic E-state index is 12.1. The summed E-state index contributed by atoms with van der Waals surface area (Å²) in [7, 11) is -9.18. The van der Waals surface area contributed by atoms with Crippen LogP contribution in [0.3, 0.4) is 0 Å². The minimum atomic E-state index is -4.66. The number of fused-ring (bicyclic) bond motifs is 2. The summed E-state index contributed by atoms with van der Waals surface area (Å²) in [6, 6.07) is 13.1. The highest BCUT2D eigenvalue weighted by molar-refractivity contribution is 7.86. The molecule has 0 amide bonds. The second-order valence-electron chi connectivity index (χ2n) is 7.29. The van der Waals surface area contributed by atoms with Crippen molar-refractivity contribution < 1.29 is 31.0 Å². The van der Waals surface area contributed by atoms with Crippen LogP contribution in [0.5, 0.6) is 5.75 Å². The maximum atomic E-state index is 12.1. The topological polar surface area (TPSA) is 180 Å². The molecule has 0 fully saturated rings. The number of hydrogen-bond acceptors (Lipinski definition) is 8. The minimum absolute atomic E-state index is 0.0387. The van der Waals surface area contributed by atoms with Crippen LogP contribution in [0.15, 0.2) is 74.6 Å². The summed E-state index contributed by atoms with van der Waals surface area (Å²) >= 11 is 0. The van der Waals surface area contributed by atoms with E-state index in [2.05, 4.69) is 10.2 Å². The summed E-state index contributed by atoms with van der Waals surface area (Å²) in [6.45, 7) is 1.56. The number of rotatable bonds is 4. The normalized spacial score (nSPS) is 12.7. The first-order chi connectivity index (χ1) is 15.4. The smallest absolute Gasteiger partial charge is 0.297 e. The number of aromatic hydroxyl groups is 1. The average Bonchev–Trinajstić information content (AvgIpc) is 2.71. The fourth-order valence-corrected chi connectivity index (χ4v) is 5.00. The minimum Gasteiger partial charge on any atom is -0.505 e. The van der Waals surface area contributed by atoms with Crippen LogP contribution in [0, 0.1) is 6.92 Å². The molecule has 4 rings (SSSR count). The highest BCUT2D eigenvalue weighted by Gasteiger charge is 2.21. The summed E-state index contributed by atoms with van der Waals surface area (Å²) in [4.78, 5) is -0.866. The number of nitrogens with zero attached hydrogens (tertiary/aromatic N) is 2. The standard InChI is InChI=1S/C21H17N3O7S2/c1-11-8-13-9-14(32(26,27)28)10-16(22)18(13)20(25)19(11)24-23-17-7-6-12-4-2-3-5-15(12)21(17)33(29,30)31/h2-10,25H,22H2,1H3,(H,26,27,28)(H,29,30,31). The molecule has 0 aliphatic rings. The van der Waals surface area contributed by atoms with Gasteiger partial charge < -0.3 is 10.8 Å². The van der Waals surface area contributed by atoms with E-state index in [1.807, 2.05) is 0 Å². The number of phenols is 1. The van der Waals surface area contributed by atoms with Gasteiger partial charge in [0.1, 0.15) is 16.3 Å². The molecule has 4 aromatic rings. The van der Waals surface area contributed by atoms with E-state index in [1.54, 1.807) is 31.2 Å². The van der Waals surface area contributed by atoms with Gasteiger partial charge in [-0.25, -0.2) is 0 Å². The number of nitrogen functional groups attached to an aromatic ring is 1. The summed E-state index contributed by atoms with van der Waals surface area (Å²) < 4.78 is 66.1. The molecule has 170 valence electrons. The molecule has 0 atom stereocenters. The molecule has 0 saturated heterocycles. The lowest BCUT2D eigenvalue weighted by molar-refractivity contribution is 0.480. The first-order valence-corrected chi connectivity index (χ1v) is 12.2. The van der Waals surface area contributed by atoms with Gasteiger partial charge in [0.25, 0.3) is 20.2 Å². The van der Waals surface area contributed by atoms with E-state index in [4.69, 9.17) is 5.73 Å². The van der Waals surface area contributed by atoms with Gasteiger partial charge in [0.15, 0.2) is 5.75 Å². The number of azo groups is 1. The molecule has 0 bridgehead atoms. The maximum Gasteiger partial charge on any atom is 0.297 e. The molecule has 10 nitrogen and oxygen atoms in total. The fourth-order valence-electron chi connectivity index (χ4n) is 3.61. The van der Waals surface area contributed by atoms with Gasteiger partial charge in [-0.05, 0) is 47.5 Å². The zero-order chi connectivity index (χ0) is 24.1. The molecule has 0 aliphatic carbocycles. The largest absolute Gasteiger partial charge is 0.505 e.